The number of nitrogens with one attached hydrogen (secondary N) is 1. The standard InChI is InChI=1S/C18H14F5N3O2/c1-26-8-10(9-2-3-12(19)13(20)6-9)15(17(26)28)16(27)25-14-7-24-5-4-11(14)18(21,22)23/h2-7,10,15H,8H2,1H3,(H,25,27)/t10-,15+/m1/s1. The summed E-state index contributed by atoms with van der Waals surface area (Å²) in [5.41, 5.74) is -1.51. The van der Waals surface area contributed by atoms with Gasteiger partial charge in [0.05, 0.1) is 17.4 Å². The van der Waals surface area contributed by atoms with E-state index in [1.807, 2.05) is 0 Å². The van der Waals surface area contributed by atoms with E-state index in [2.05, 4.69) is 10.3 Å². The lowest BCUT2D eigenvalue weighted by Gasteiger charge is -2.19. The number of rotatable bonds is 3. The largest absolute Gasteiger partial charge is 0.418 e. The fraction of sp³-hybridized carbons (Fsp3) is 0.278. The van der Waals surface area contributed by atoms with Crippen LogP contribution >= 0.6 is 0 Å². The summed E-state index contributed by atoms with van der Waals surface area (Å²) in [5, 5.41) is 2.10. The molecule has 148 valence electrons. The summed E-state index contributed by atoms with van der Waals surface area (Å²) in [6.45, 7) is 0.0289. The minimum Gasteiger partial charge on any atom is -0.344 e. The summed E-state index contributed by atoms with van der Waals surface area (Å²) in [4.78, 5) is 29.9. The molecule has 1 N–H and O–H groups in total. The molecule has 5 nitrogen and oxygen atoms in total. The van der Waals surface area contributed by atoms with E-state index in [4.69, 9.17) is 0 Å². The van der Waals surface area contributed by atoms with Crippen LogP contribution in [0.15, 0.2) is 36.7 Å². The molecule has 10 heteroatoms. The molecule has 28 heavy (non-hydrogen) atoms. The first-order valence-corrected chi connectivity index (χ1v) is 8.11. The van der Waals surface area contributed by atoms with E-state index in [-0.39, 0.29) is 12.1 Å². The minimum absolute atomic E-state index is 0.0289. The highest BCUT2D eigenvalue weighted by Gasteiger charge is 2.45. The summed E-state index contributed by atoms with van der Waals surface area (Å²) < 4.78 is 66.1. The summed E-state index contributed by atoms with van der Waals surface area (Å²) in [6, 6.07) is 3.68. The van der Waals surface area contributed by atoms with E-state index in [0.29, 0.717) is 6.07 Å². The molecule has 0 spiro atoms. The summed E-state index contributed by atoms with van der Waals surface area (Å²) >= 11 is 0. The number of halogens is 5. The van der Waals surface area contributed by atoms with Crippen LogP contribution < -0.4 is 5.32 Å². The van der Waals surface area contributed by atoms with Gasteiger partial charge in [-0.1, -0.05) is 6.07 Å². The predicted octanol–water partition coefficient (Wildman–Crippen LogP) is 3.19. The lowest BCUT2D eigenvalue weighted by Crippen LogP contribution is -2.33. The zero-order valence-corrected chi connectivity index (χ0v) is 14.4. The van der Waals surface area contributed by atoms with Gasteiger partial charge in [0.2, 0.25) is 11.8 Å². The molecule has 0 saturated carbocycles. The second-order valence-corrected chi connectivity index (χ2v) is 6.38. The Bertz CT molecular complexity index is 932. The van der Waals surface area contributed by atoms with E-state index in [9.17, 15) is 31.5 Å². The van der Waals surface area contributed by atoms with Gasteiger partial charge in [0.15, 0.2) is 11.6 Å². The molecule has 1 fully saturated rings. The fourth-order valence-electron chi connectivity index (χ4n) is 3.19. The molecule has 1 aliphatic rings. The van der Waals surface area contributed by atoms with Crippen LogP contribution in [0.1, 0.15) is 17.0 Å². The Labute approximate surface area is 156 Å². The molecule has 0 aliphatic carbocycles. The molecule has 1 aromatic heterocycles. The number of carbonyl (C=O) groups excluding carboxylic acids is 2. The Morgan fingerprint density at radius 2 is 1.93 bits per heavy atom. The number of anilines is 1. The average Bonchev–Trinajstić information content (AvgIpc) is 2.92. The third-order valence-corrected chi connectivity index (χ3v) is 4.55. The fourth-order valence-corrected chi connectivity index (χ4v) is 3.19. The topological polar surface area (TPSA) is 62.3 Å². The maximum Gasteiger partial charge on any atom is 0.418 e. The van der Waals surface area contributed by atoms with Crippen LogP contribution in [-0.4, -0.2) is 35.3 Å². The van der Waals surface area contributed by atoms with Gasteiger partial charge in [-0.2, -0.15) is 13.2 Å². The van der Waals surface area contributed by atoms with Gasteiger partial charge in [0, 0.05) is 25.7 Å². The van der Waals surface area contributed by atoms with Crippen molar-refractivity contribution in [3.63, 3.8) is 0 Å². The molecule has 1 saturated heterocycles. The van der Waals surface area contributed by atoms with Crippen LogP contribution in [0.2, 0.25) is 0 Å². The van der Waals surface area contributed by atoms with Gasteiger partial charge in [-0.15, -0.1) is 0 Å². The van der Waals surface area contributed by atoms with Gasteiger partial charge in [-0.05, 0) is 23.8 Å². The van der Waals surface area contributed by atoms with Crippen molar-refractivity contribution in [3.05, 3.63) is 59.4 Å². The van der Waals surface area contributed by atoms with E-state index < -0.39 is 52.7 Å². The number of likely N-dealkylation sites (N-methyl/N-ethyl adjacent to an activating group) is 1. The summed E-state index contributed by atoms with van der Waals surface area (Å²) in [6.07, 6.45) is -2.98. The highest BCUT2D eigenvalue weighted by atomic mass is 19.4. The average molecular weight is 399 g/mol. The number of hydrogen-bond acceptors (Lipinski definition) is 3. The Kier molecular flexibility index (Phi) is 5.05. The number of carbonyl (C=O) groups is 2. The van der Waals surface area contributed by atoms with Gasteiger partial charge in [0.1, 0.15) is 5.92 Å². The first-order valence-electron chi connectivity index (χ1n) is 8.11. The molecule has 0 radical (unpaired) electrons. The first-order chi connectivity index (χ1) is 13.1. The van der Waals surface area contributed by atoms with Crippen molar-refractivity contribution in [1.29, 1.82) is 0 Å². The SMILES string of the molecule is CN1C[C@H](c2ccc(F)c(F)c2)[C@@H](C(=O)Nc2cnccc2C(F)(F)F)C1=O. The zero-order chi connectivity index (χ0) is 20.6. The third kappa shape index (κ3) is 3.67. The van der Waals surface area contributed by atoms with Crippen LogP contribution in [-0.2, 0) is 15.8 Å². The molecule has 2 aromatic rings. The van der Waals surface area contributed by atoms with Crippen molar-refractivity contribution in [2.75, 3.05) is 18.9 Å². The highest BCUT2D eigenvalue weighted by molar-refractivity contribution is 6.08. The molecule has 2 atom stereocenters. The van der Waals surface area contributed by atoms with E-state index in [1.165, 1.54) is 18.0 Å². The number of likely N-dealkylation sites (tertiary alicyclic amines) is 1. The lowest BCUT2D eigenvalue weighted by atomic mass is 9.87. The van der Waals surface area contributed by atoms with Crippen LogP contribution in [0.4, 0.5) is 27.6 Å². The van der Waals surface area contributed by atoms with E-state index in [0.717, 1.165) is 24.5 Å². The second-order valence-electron chi connectivity index (χ2n) is 6.38. The van der Waals surface area contributed by atoms with Crippen molar-refractivity contribution in [2.45, 2.75) is 12.1 Å². The van der Waals surface area contributed by atoms with Gasteiger partial charge < -0.3 is 10.2 Å². The predicted molar refractivity (Wildman–Crippen MR) is 88.1 cm³/mol. The second kappa shape index (κ2) is 7.17. The van der Waals surface area contributed by atoms with Gasteiger partial charge in [0.25, 0.3) is 0 Å². The smallest absolute Gasteiger partial charge is 0.344 e. The van der Waals surface area contributed by atoms with Crippen molar-refractivity contribution in [3.8, 4) is 0 Å². The number of hydrogen-bond donors (Lipinski definition) is 1. The van der Waals surface area contributed by atoms with Crippen molar-refractivity contribution >= 4 is 17.5 Å². The number of amides is 2. The number of nitrogens with zero attached hydrogens (tertiary/aromatic N) is 2. The molecule has 0 bridgehead atoms. The lowest BCUT2D eigenvalue weighted by molar-refractivity contribution is -0.137. The van der Waals surface area contributed by atoms with Crippen molar-refractivity contribution < 1.29 is 31.5 Å². The molecule has 3 rings (SSSR count). The monoisotopic (exact) mass is 399 g/mol. The molecular formula is C18H14F5N3O2. The van der Waals surface area contributed by atoms with Gasteiger partial charge in [-0.3, -0.25) is 14.6 Å². The molecule has 2 heterocycles. The third-order valence-electron chi connectivity index (χ3n) is 4.55. The Hall–Kier alpha value is -3.04. The maximum absolute atomic E-state index is 13.6. The zero-order valence-electron chi connectivity index (χ0n) is 14.4. The van der Waals surface area contributed by atoms with Crippen LogP contribution in [0.3, 0.4) is 0 Å². The number of alkyl halides is 3. The van der Waals surface area contributed by atoms with Crippen molar-refractivity contribution in [1.82, 2.24) is 9.88 Å². The van der Waals surface area contributed by atoms with Gasteiger partial charge >= 0.3 is 6.18 Å². The summed E-state index contributed by atoms with van der Waals surface area (Å²) in [5.74, 6) is -6.10. The Balaban J connectivity index is 1.93. The molecule has 2 amide bonds. The summed E-state index contributed by atoms with van der Waals surface area (Å²) in [7, 11) is 1.41. The highest BCUT2D eigenvalue weighted by Crippen LogP contribution is 2.37. The first kappa shape index (κ1) is 19.7. The van der Waals surface area contributed by atoms with Crippen LogP contribution in [0, 0.1) is 17.6 Å². The Morgan fingerprint density at radius 1 is 1.21 bits per heavy atom. The van der Waals surface area contributed by atoms with Crippen LogP contribution in [0.5, 0.6) is 0 Å². The Morgan fingerprint density at radius 3 is 2.57 bits per heavy atom. The van der Waals surface area contributed by atoms with E-state index >= 15 is 0 Å². The molecular weight excluding hydrogens is 385 g/mol. The quantitative estimate of drug-likeness (QED) is 0.637. The number of aromatic nitrogens is 1. The van der Waals surface area contributed by atoms with Gasteiger partial charge in [-0.25, -0.2) is 8.78 Å². The normalized spacial score (nSPS) is 19.8. The maximum atomic E-state index is 13.6. The molecule has 1 aliphatic heterocycles. The molecule has 0 unspecified atom stereocenters. The number of pyridine rings is 1. The van der Waals surface area contributed by atoms with Crippen molar-refractivity contribution in [2.24, 2.45) is 5.92 Å². The van der Waals surface area contributed by atoms with E-state index in [1.54, 1.807) is 0 Å². The number of benzene rings is 1. The minimum atomic E-state index is -4.73. The van der Waals surface area contributed by atoms with Crippen LogP contribution in [0.25, 0.3) is 0 Å². The molecule has 1 aromatic carbocycles.